The van der Waals surface area contributed by atoms with Crippen molar-refractivity contribution in [2.75, 3.05) is 36.5 Å². The van der Waals surface area contributed by atoms with Gasteiger partial charge in [0, 0.05) is 27.6 Å². The number of carbonyl (C=O) groups is 2. The maximum absolute atomic E-state index is 12.6. The number of nitrogens with one attached hydrogen (secondary N) is 2. The fourth-order valence-electron chi connectivity index (χ4n) is 4.03. The molecule has 0 aliphatic carbocycles. The molecule has 31 heavy (non-hydrogen) atoms. The Morgan fingerprint density at radius 2 is 1.71 bits per heavy atom. The molecular formula is C25H27N3O2S. The van der Waals surface area contributed by atoms with E-state index in [4.69, 9.17) is 0 Å². The lowest BCUT2D eigenvalue weighted by Crippen LogP contribution is -2.41. The Balaban J connectivity index is 1.27. The SMILES string of the molecule is CSc1cccc(NC(=O)C2CCN(CC(=O)Nc3cccc4ccccc34)CC2)c1. The molecule has 0 saturated carbocycles. The van der Waals surface area contributed by atoms with E-state index in [0.717, 1.165) is 53.0 Å². The standard InChI is InChI=1S/C25H27N3O2S/c1-31-21-9-5-8-20(16-21)26-25(30)19-12-14-28(15-13-19)17-24(29)27-23-11-4-7-18-6-2-3-10-22(18)23/h2-11,16,19H,12-15,17H2,1H3,(H,26,30)(H,27,29). The number of carbonyl (C=O) groups excluding carboxylic acids is 2. The lowest BCUT2D eigenvalue weighted by atomic mass is 9.96. The van der Waals surface area contributed by atoms with Gasteiger partial charge in [-0.1, -0.05) is 42.5 Å². The molecule has 0 atom stereocenters. The van der Waals surface area contributed by atoms with Crippen molar-refractivity contribution in [3.05, 3.63) is 66.7 Å². The molecule has 3 aromatic carbocycles. The molecule has 1 saturated heterocycles. The van der Waals surface area contributed by atoms with Gasteiger partial charge < -0.3 is 10.6 Å². The van der Waals surface area contributed by atoms with Crippen molar-refractivity contribution in [3.63, 3.8) is 0 Å². The summed E-state index contributed by atoms with van der Waals surface area (Å²) >= 11 is 1.66. The maximum Gasteiger partial charge on any atom is 0.238 e. The Bertz CT molecular complexity index is 1070. The normalized spacial score (nSPS) is 15.0. The van der Waals surface area contributed by atoms with Crippen molar-refractivity contribution in [2.24, 2.45) is 5.92 Å². The molecule has 0 bridgehead atoms. The van der Waals surface area contributed by atoms with Crippen LogP contribution < -0.4 is 10.6 Å². The topological polar surface area (TPSA) is 61.4 Å². The van der Waals surface area contributed by atoms with Crippen LogP contribution >= 0.6 is 11.8 Å². The number of likely N-dealkylation sites (tertiary alicyclic amines) is 1. The molecule has 0 unspecified atom stereocenters. The van der Waals surface area contributed by atoms with Gasteiger partial charge in [-0.25, -0.2) is 0 Å². The van der Waals surface area contributed by atoms with Crippen LogP contribution in [-0.4, -0.2) is 42.6 Å². The molecule has 0 spiro atoms. The van der Waals surface area contributed by atoms with Crippen LogP contribution in [0.4, 0.5) is 11.4 Å². The van der Waals surface area contributed by atoms with Gasteiger partial charge in [0.25, 0.3) is 0 Å². The van der Waals surface area contributed by atoms with E-state index in [1.807, 2.05) is 73.0 Å². The summed E-state index contributed by atoms with van der Waals surface area (Å²) in [5, 5.41) is 8.24. The van der Waals surface area contributed by atoms with Crippen LogP contribution in [0.1, 0.15) is 12.8 Å². The summed E-state index contributed by atoms with van der Waals surface area (Å²) in [6.45, 7) is 1.82. The summed E-state index contributed by atoms with van der Waals surface area (Å²) in [5.41, 5.74) is 1.68. The van der Waals surface area contributed by atoms with Gasteiger partial charge in [-0.2, -0.15) is 0 Å². The first-order valence-corrected chi connectivity index (χ1v) is 11.8. The molecule has 160 valence electrons. The van der Waals surface area contributed by atoms with Gasteiger partial charge in [0.15, 0.2) is 0 Å². The molecule has 2 N–H and O–H groups in total. The van der Waals surface area contributed by atoms with Crippen molar-refractivity contribution >= 4 is 45.7 Å². The predicted molar refractivity (Wildman–Crippen MR) is 129 cm³/mol. The Kier molecular flexibility index (Phi) is 6.89. The smallest absolute Gasteiger partial charge is 0.238 e. The van der Waals surface area contributed by atoms with Crippen LogP contribution in [0, 0.1) is 5.92 Å². The number of hydrogen-bond donors (Lipinski definition) is 2. The molecule has 1 fully saturated rings. The van der Waals surface area contributed by atoms with E-state index >= 15 is 0 Å². The second-order valence-corrected chi connectivity index (χ2v) is 8.73. The van der Waals surface area contributed by atoms with Gasteiger partial charge in [-0.3, -0.25) is 14.5 Å². The maximum atomic E-state index is 12.6. The van der Waals surface area contributed by atoms with Crippen LogP contribution in [0.3, 0.4) is 0 Å². The molecule has 1 aliphatic heterocycles. The molecule has 6 heteroatoms. The van der Waals surface area contributed by atoms with Crippen molar-refractivity contribution in [2.45, 2.75) is 17.7 Å². The Morgan fingerprint density at radius 3 is 2.52 bits per heavy atom. The third kappa shape index (κ3) is 5.46. The number of piperidine rings is 1. The second-order valence-electron chi connectivity index (χ2n) is 7.85. The van der Waals surface area contributed by atoms with Gasteiger partial charge in [0.2, 0.25) is 11.8 Å². The number of anilines is 2. The van der Waals surface area contributed by atoms with Crippen molar-refractivity contribution < 1.29 is 9.59 Å². The summed E-state index contributed by atoms with van der Waals surface area (Å²) in [4.78, 5) is 28.5. The third-order valence-electron chi connectivity index (χ3n) is 5.73. The number of amides is 2. The van der Waals surface area contributed by atoms with Crippen molar-refractivity contribution in [3.8, 4) is 0 Å². The van der Waals surface area contributed by atoms with Crippen LogP contribution in [0.15, 0.2) is 71.6 Å². The number of benzene rings is 3. The summed E-state index contributed by atoms with van der Waals surface area (Å²) in [6, 6.07) is 21.9. The zero-order valence-corrected chi connectivity index (χ0v) is 18.5. The first-order valence-electron chi connectivity index (χ1n) is 10.6. The molecular weight excluding hydrogens is 406 g/mol. The Hall–Kier alpha value is -2.83. The third-order valence-corrected chi connectivity index (χ3v) is 6.45. The predicted octanol–water partition coefficient (Wildman–Crippen LogP) is 4.85. The van der Waals surface area contributed by atoms with Crippen LogP contribution in [0.5, 0.6) is 0 Å². The summed E-state index contributed by atoms with van der Waals surface area (Å²) in [7, 11) is 0. The number of fused-ring (bicyclic) bond motifs is 1. The quantitative estimate of drug-likeness (QED) is 0.546. The Labute approximate surface area is 187 Å². The highest BCUT2D eigenvalue weighted by Crippen LogP contribution is 2.24. The molecule has 3 aromatic rings. The molecule has 1 aliphatic rings. The van der Waals surface area contributed by atoms with E-state index in [1.54, 1.807) is 11.8 Å². The summed E-state index contributed by atoms with van der Waals surface area (Å²) in [5.74, 6) is 0.0292. The number of nitrogens with zero attached hydrogens (tertiary/aromatic N) is 1. The zero-order chi connectivity index (χ0) is 21.6. The highest BCUT2D eigenvalue weighted by molar-refractivity contribution is 7.98. The minimum Gasteiger partial charge on any atom is -0.326 e. The minimum atomic E-state index is -0.0202. The first-order chi connectivity index (χ1) is 15.1. The fraction of sp³-hybridized carbons (Fsp3) is 0.280. The van der Waals surface area contributed by atoms with E-state index < -0.39 is 0 Å². The monoisotopic (exact) mass is 433 g/mol. The number of hydrogen-bond acceptors (Lipinski definition) is 4. The summed E-state index contributed by atoms with van der Waals surface area (Å²) < 4.78 is 0. The lowest BCUT2D eigenvalue weighted by Gasteiger charge is -2.30. The van der Waals surface area contributed by atoms with Crippen molar-refractivity contribution in [1.82, 2.24) is 4.90 Å². The van der Waals surface area contributed by atoms with E-state index in [2.05, 4.69) is 15.5 Å². The molecule has 4 rings (SSSR count). The van der Waals surface area contributed by atoms with Gasteiger partial charge in [0.1, 0.15) is 0 Å². The molecule has 5 nitrogen and oxygen atoms in total. The second kappa shape index (κ2) is 9.98. The zero-order valence-electron chi connectivity index (χ0n) is 17.6. The van der Waals surface area contributed by atoms with Gasteiger partial charge in [-0.15, -0.1) is 11.8 Å². The number of thioether (sulfide) groups is 1. The van der Waals surface area contributed by atoms with E-state index in [1.165, 1.54) is 0 Å². The summed E-state index contributed by atoms with van der Waals surface area (Å²) in [6.07, 6.45) is 3.54. The van der Waals surface area contributed by atoms with Crippen LogP contribution in [0.2, 0.25) is 0 Å². The minimum absolute atomic E-state index is 0.0182. The fourth-order valence-corrected chi connectivity index (χ4v) is 4.49. The van der Waals surface area contributed by atoms with Crippen LogP contribution in [0.25, 0.3) is 10.8 Å². The largest absolute Gasteiger partial charge is 0.326 e. The average Bonchev–Trinajstić information content (AvgIpc) is 2.80. The van der Waals surface area contributed by atoms with Gasteiger partial charge >= 0.3 is 0 Å². The molecule has 2 amide bonds. The van der Waals surface area contributed by atoms with E-state index in [0.29, 0.717) is 6.54 Å². The van der Waals surface area contributed by atoms with Gasteiger partial charge in [-0.05, 0) is 61.8 Å². The highest BCUT2D eigenvalue weighted by Gasteiger charge is 2.26. The molecule has 0 aromatic heterocycles. The van der Waals surface area contributed by atoms with Gasteiger partial charge in [0.05, 0.1) is 6.54 Å². The van der Waals surface area contributed by atoms with Crippen LogP contribution in [-0.2, 0) is 9.59 Å². The average molecular weight is 434 g/mol. The first kappa shape index (κ1) is 21.4. The van der Waals surface area contributed by atoms with E-state index in [9.17, 15) is 9.59 Å². The van der Waals surface area contributed by atoms with Crippen molar-refractivity contribution in [1.29, 1.82) is 0 Å². The lowest BCUT2D eigenvalue weighted by molar-refractivity contribution is -0.121. The highest BCUT2D eigenvalue weighted by atomic mass is 32.2. The van der Waals surface area contributed by atoms with E-state index in [-0.39, 0.29) is 17.7 Å². The number of rotatable bonds is 6. The Morgan fingerprint density at radius 1 is 0.968 bits per heavy atom. The molecule has 0 radical (unpaired) electrons. The molecule has 1 heterocycles.